The Balaban J connectivity index is 2.46. The normalized spacial score (nSPS) is 11.8. The van der Waals surface area contributed by atoms with Crippen molar-refractivity contribution in [2.45, 2.75) is 11.8 Å². The molecule has 2 aromatic rings. The fourth-order valence-electron chi connectivity index (χ4n) is 2.14. The van der Waals surface area contributed by atoms with Gasteiger partial charge in [-0.05, 0) is 42.8 Å². The van der Waals surface area contributed by atoms with E-state index in [1.807, 2.05) is 0 Å². The molecule has 0 amide bonds. The van der Waals surface area contributed by atoms with E-state index in [1.165, 1.54) is 25.3 Å². The summed E-state index contributed by atoms with van der Waals surface area (Å²) in [7, 11) is -6.29. The van der Waals surface area contributed by atoms with E-state index < -0.39 is 25.9 Å². The quantitative estimate of drug-likeness (QED) is 0.791. The molecule has 0 heterocycles. The van der Waals surface area contributed by atoms with Gasteiger partial charge in [-0.15, -0.1) is 0 Å². The van der Waals surface area contributed by atoms with Crippen LogP contribution in [0.3, 0.4) is 0 Å². The Morgan fingerprint density at radius 3 is 2.20 bits per heavy atom. The molecule has 0 aliphatic rings. The van der Waals surface area contributed by atoms with Crippen LogP contribution in [0.1, 0.15) is 5.56 Å². The van der Waals surface area contributed by atoms with Crippen molar-refractivity contribution < 1.29 is 26.0 Å². The van der Waals surface area contributed by atoms with Crippen LogP contribution in [0.2, 0.25) is 0 Å². The molecule has 0 aliphatic heterocycles. The number of sulfonamides is 2. The maximum Gasteiger partial charge on any atom is 0.262 e. The van der Waals surface area contributed by atoms with Crippen molar-refractivity contribution in [3.8, 4) is 5.75 Å². The van der Waals surface area contributed by atoms with E-state index in [0.29, 0.717) is 11.3 Å². The summed E-state index contributed by atoms with van der Waals surface area (Å²) < 4.78 is 70.9. The first kappa shape index (κ1) is 19.0. The number of aryl methyl sites for hydroxylation is 1. The molecule has 10 heteroatoms. The van der Waals surface area contributed by atoms with Crippen molar-refractivity contribution in [1.82, 2.24) is 0 Å². The Hall–Kier alpha value is -2.33. The van der Waals surface area contributed by atoms with Gasteiger partial charge in [-0.25, -0.2) is 21.2 Å². The zero-order valence-corrected chi connectivity index (χ0v) is 15.3. The Bertz CT molecular complexity index is 1000. The minimum absolute atomic E-state index is 0.0390. The summed E-state index contributed by atoms with van der Waals surface area (Å²) in [6, 6.07) is 7.40. The summed E-state index contributed by atoms with van der Waals surface area (Å²) in [4.78, 5) is -0.0390. The molecule has 7 nitrogen and oxygen atoms in total. The summed E-state index contributed by atoms with van der Waals surface area (Å²) in [6.07, 6.45) is 0.905. The summed E-state index contributed by atoms with van der Waals surface area (Å²) in [6.45, 7) is 1.58. The molecule has 0 bridgehead atoms. The van der Waals surface area contributed by atoms with Crippen molar-refractivity contribution in [2.75, 3.05) is 22.8 Å². The Morgan fingerprint density at radius 2 is 1.64 bits per heavy atom. The second-order valence-corrected chi connectivity index (χ2v) is 8.70. The van der Waals surface area contributed by atoms with E-state index in [9.17, 15) is 21.2 Å². The third-order valence-electron chi connectivity index (χ3n) is 3.19. The van der Waals surface area contributed by atoms with Gasteiger partial charge in [-0.3, -0.25) is 9.44 Å². The molecule has 0 spiro atoms. The highest BCUT2D eigenvalue weighted by molar-refractivity contribution is 7.93. The smallest absolute Gasteiger partial charge is 0.262 e. The van der Waals surface area contributed by atoms with Crippen LogP contribution in [0.5, 0.6) is 5.75 Å². The summed E-state index contributed by atoms with van der Waals surface area (Å²) in [5.74, 6) is -0.232. The molecule has 0 aliphatic carbocycles. The molecule has 0 unspecified atom stereocenters. The van der Waals surface area contributed by atoms with Gasteiger partial charge in [0.15, 0.2) is 0 Å². The van der Waals surface area contributed by atoms with Crippen molar-refractivity contribution >= 4 is 31.4 Å². The second-order valence-electron chi connectivity index (χ2n) is 5.30. The monoisotopic (exact) mass is 388 g/mol. The van der Waals surface area contributed by atoms with Gasteiger partial charge in [0.1, 0.15) is 11.6 Å². The molecule has 2 N–H and O–H groups in total. The van der Waals surface area contributed by atoms with E-state index in [-0.39, 0.29) is 16.3 Å². The number of hydrogen-bond donors (Lipinski definition) is 2. The lowest BCUT2D eigenvalue weighted by molar-refractivity contribution is 0.414. The molecule has 136 valence electrons. The number of benzene rings is 2. The lowest BCUT2D eigenvalue weighted by Gasteiger charge is -2.15. The fourth-order valence-corrected chi connectivity index (χ4v) is 4.02. The molecule has 0 saturated carbocycles. The molecule has 0 aromatic heterocycles. The number of halogens is 1. The average molecular weight is 388 g/mol. The molecule has 0 fully saturated rings. The third-order valence-corrected chi connectivity index (χ3v) is 5.31. The molecule has 0 radical (unpaired) electrons. The van der Waals surface area contributed by atoms with Crippen LogP contribution < -0.4 is 14.2 Å². The lowest BCUT2D eigenvalue weighted by Crippen LogP contribution is -2.17. The van der Waals surface area contributed by atoms with Crippen LogP contribution in [0.4, 0.5) is 15.8 Å². The van der Waals surface area contributed by atoms with Gasteiger partial charge in [0.05, 0.1) is 29.6 Å². The van der Waals surface area contributed by atoms with Crippen LogP contribution in [-0.2, 0) is 20.0 Å². The first-order chi connectivity index (χ1) is 11.5. The van der Waals surface area contributed by atoms with E-state index in [2.05, 4.69) is 9.44 Å². The SMILES string of the molecule is COc1ccc(S(=O)(=O)Nc2cc(F)ccc2NS(C)(=O)=O)c(C)c1. The lowest BCUT2D eigenvalue weighted by atomic mass is 10.2. The standard InChI is InChI=1S/C15H17FN2O5S2/c1-10-8-12(23-2)5-7-15(10)25(21,22)18-14-9-11(16)4-6-13(14)17-24(3,19)20/h4-9,17-18H,1-3H3. The maximum atomic E-state index is 13.5. The van der Waals surface area contributed by atoms with Crippen molar-refractivity contribution in [1.29, 1.82) is 0 Å². The van der Waals surface area contributed by atoms with Gasteiger partial charge in [-0.2, -0.15) is 0 Å². The Labute approximate surface area is 145 Å². The highest BCUT2D eigenvalue weighted by atomic mass is 32.2. The number of methoxy groups -OCH3 is 1. The minimum atomic E-state index is -4.07. The van der Waals surface area contributed by atoms with Crippen molar-refractivity contribution in [3.63, 3.8) is 0 Å². The number of anilines is 2. The molecule has 0 saturated heterocycles. The summed E-state index contributed by atoms with van der Waals surface area (Å²) >= 11 is 0. The third kappa shape index (κ3) is 4.83. The van der Waals surface area contributed by atoms with Gasteiger partial charge in [-0.1, -0.05) is 0 Å². The van der Waals surface area contributed by atoms with Crippen LogP contribution in [-0.4, -0.2) is 30.2 Å². The average Bonchev–Trinajstić information content (AvgIpc) is 2.48. The van der Waals surface area contributed by atoms with E-state index in [0.717, 1.165) is 24.5 Å². The molecule has 2 aromatic carbocycles. The van der Waals surface area contributed by atoms with Gasteiger partial charge < -0.3 is 4.74 Å². The summed E-state index contributed by atoms with van der Waals surface area (Å²) in [5.41, 5.74) is 0.111. The number of ether oxygens (including phenoxy) is 1. The van der Waals surface area contributed by atoms with Crippen molar-refractivity contribution in [2.24, 2.45) is 0 Å². The van der Waals surface area contributed by atoms with Gasteiger partial charge in [0.2, 0.25) is 10.0 Å². The van der Waals surface area contributed by atoms with Gasteiger partial charge >= 0.3 is 0 Å². The van der Waals surface area contributed by atoms with E-state index >= 15 is 0 Å². The molecular weight excluding hydrogens is 371 g/mol. The second kappa shape index (κ2) is 6.89. The van der Waals surface area contributed by atoms with E-state index in [4.69, 9.17) is 4.74 Å². The zero-order chi connectivity index (χ0) is 18.8. The highest BCUT2D eigenvalue weighted by Crippen LogP contribution is 2.28. The van der Waals surface area contributed by atoms with Gasteiger partial charge in [0.25, 0.3) is 10.0 Å². The predicted octanol–water partition coefficient (Wildman–Crippen LogP) is 2.32. The van der Waals surface area contributed by atoms with E-state index in [1.54, 1.807) is 6.92 Å². The molecule has 0 atom stereocenters. The van der Waals surface area contributed by atoms with Crippen LogP contribution in [0, 0.1) is 12.7 Å². The number of hydrogen-bond acceptors (Lipinski definition) is 5. The van der Waals surface area contributed by atoms with Gasteiger partial charge in [0, 0.05) is 6.07 Å². The highest BCUT2D eigenvalue weighted by Gasteiger charge is 2.20. The molecule has 25 heavy (non-hydrogen) atoms. The first-order valence-corrected chi connectivity index (χ1v) is 10.3. The predicted molar refractivity (Wildman–Crippen MR) is 93.4 cm³/mol. The largest absolute Gasteiger partial charge is 0.497 e. The number of nitrogens with one attached hydrogen (secondary N) is 2. The van der Waals surface area contributed by atoms with Crippen LogP contribution >= 0.6 is 0 Å². The topological polar surface area (TPSA) is 102 Å². The Kier molecular flexibility index (Phi) is 5.23. The molecular formula is C15H17FN2O5S2. The van der Waals surface area contributed by atoms with Crippen LogP contribution in [0.25, 0.3) is 0 Å². The Morgan fingerprint density at radius 1 is 0.960 bits per heavy atom. The maximum absolute atomic E-state index is 13.5. The fraction of sp³-hybridized carbons (Fsp3) is 0.200. The number of rotatable bonds is 6. The first-order valence-electron chi connectivity index (χ1n) is 6.96. The van der Waals surface area contributed by atoms with Crippen molar-refractivity contribution in [3.05, 3.63) is 47.8 Å². The molecule has 2 rings (SSSR count). The minimum Gasteiger partial charge on any atom is -0.497 e. The van der Waals surface area contributed by atoms with Crippen LogP contribution in [0.15, 0.2) is 41.3 Å². The zero-order valence-electron chi connectivity index (χ0n) is 13.7. The summed E-state index contributed by atoms with van der Waals surface area (Å²) in [5, 5.41) is 0.